The van der Waals surface area contributed by atoms with Gasteiger partial charge in [-0.05, 0) is 192 Å². The number of nitrogens with zero attached hydrogens (tertiary/aromatic N) is 3. The molecule has 62 heavy (non-hydrogen) atoms. The lowest BCUT2D eigenvalue weighted by Crippen LogP contribution is -1.96. The summed E-state index contributed by atoms with van der Waals surface area (Å²) in [6.07, 6.45) is 8.59. The highest BCUT2D eigenvalue weighted by atomic mass is 14.8. The number of aromatic amines is 2. The molecule has 9 rings (SSSR count). The standard InChI is InChI=1S/C57H53N5/c1-29-19-33(5)49(34(6)20-29)53-42-13-14-43(59-42)54(50-35(7)21-30(2)22-36(50)8)45-17-18-47(61-45)56(52-39(11)25-32(4)26-40(52)12)57-41(28-58)27-48(62-57)55(46-16-15-44(53)60-46)51-37(9)23-31(3)24-38(51)10/h13-27,59,62H,1-12H3. The average molecular weight is 808 g/mol. The quantitative estimate of drug-likeness (QED) is 0.186. The number of benzene rings is 4. The monoisotopic (exact) mass is 807 g/mol. The third-order valence-corrected chi connectivity index (χ3v) is 12.7. The average Bonchev–Trinajstić information content (AvgIpc) is 4.02. The third-order valence-electron chi connectivity index (χ3n) is 12.7. The molecule has 3 aromatic heterocycles. The van der Waals surface area contributed by atoms with E-state index in [2.05, 4.69) is 184 Å². The van der Waals surface area contributed by atoms with Gasteiger partial charge in [0.25, 0.3) is 0 Å². The molecule has 0 spiro atoms. The van der Waals surface area contributed by atoms with E-state index in [1.807, 2.05) is 6.07 Å². The third kappa shape index (κ3) is 6.71. The molecule has 0 radical (unpaired) electrons. The number of hydrogen-bond acceptors (Lipinski definition) is 3. The van der Waals surface area contributed by atoms with Crippen LogP contribution in [0, 0.1) is 94.4 Å². The van der Waals surface area contributed by atoms with Crippen molar-refractivity contribution >= 4 is 46.4 Å². The van der Waals surface area contributed by atoms with Gasteiger partial charge in [-0.15, -0.1) is 0 Å². The Morgan fingerprint density at radius 3 is 0.968 bits per heavy atom. The maximum atomic E-state index is 11.1. The van der Waals surface area contributed by atoms with Crippen LogP contribution in [0.15, 0.2) is 66.7 Å². The van der Waals surface area contributed by atoms with Crippen molar-refractivity contribution in [3.8, 4) is 50.6 Å². The van der Waals surface area contributed by atoms with Crippen LogP contribution in [0.5, 0.6) is 0 Å². The van der Waals surface area contributed by atoms with Crippen LogP contribution in [0.2, 0.25) is 0 Å². The Labute approximate surface area is 365 Å². The van der Waals surface area contributed by atoms with Gasteiger partial charge in [0.15, 0.2) is 0 Å². The Bertz CT molecular complexity index is 3280. The summed E-state index contributed by atoms with van der Waals surface area (Å²) in [5, 5.41) is 11.1. The van der Waals surface area contributed by atoms with Gasteiger partial charge in [0.1, 0.15) is 6.07 Å². The largest absolute Gasteiger partial charge is 0.354 e. The zero-order chi connectivity index (χ0) is 43.9. The second kappa shape index (κ2) is 15.2. The maximum Gasteiger partial charge on any atom is 0.101 e. The first-order valence-corrected chi connectivity index (χ1v) is 21.5. The summed E-state index contributed by atoms with van der Waals surface area (Å²) >= 11 is 0. The molecule has 4 aromatic carbocycles. The molecule has 5 heterocycles. The molecule has 5 heteroatoms. The molecule has 0 aliphatic carbocycles. The Morgan fingerprint density at radius 1 is 0.355 bits per heavy atom. The minimum atomic E-state index is 0.552. The first kappa shape index (κ1) is 40.4. The van der Waals surface area contributed by atoms with Crippen LogP contribution >= 0.6 is 0 Å². The van der Waals surface area contributed by atoms with Crippen LogP contribution in [0.4, 0.5) is 0 Å². The number of fused-ring (bicyclic) bond motifs is 8. The van der Waals surface area contributed by atoms with Crippen LogP contribution < -0.4 is 0 Å². The van der Waals surface area contributed by atoms with Crippen molar-refractivity contribution in [2.75, 3.05) is 0 Å². The zero-order valence-electron chi connectivity index (χ0n) is 38.0. The van der Waals surface area contributed by atoms with Crippen molar-refractivity contribution in [1.82, 2.24) is 19.9 Å². The van der Waals surface area contributed by atoms with Crippen molar-refractivity contribution in [3.63, 3.8) is 0 Å². The highest BCUT2D eigenvalue weighted by molar-refractivity contribution is 6.03. The normalized spacial score (nSPS) is 12.0. The lowest BCUT2D eigenvalue weighted by atomic mass is 9.92. The fourth-order valence-electron chi connectivity index (χ4n) is 10.7. The van der Waals surface area contributed by atoms with E-state index in [-0.39, 0.29) is 0 Å². The second-order valence-corrected chi connectivity index (χ2v) is 17.9. The van der Waals surface area contributed by atoms with Crippen LogP contribution in [0.25, 0.3) is 90.9 Å². The maximum absolute atomic E-state index is 11.1. The molecule has 0 atom stereocenters. The smallest absolute Gasteiger partial charge is 0.101 e. The van der Waals surface area contributed by atoms with Gasteiger partial charge in [-0.2, -0.15) is 5.26 Å². The fourth-order valence-corrected chi connectivity index (χ4v) is 10.7. The van der Waals surface area contributed by atoms with E-state index in [1.54, 1.807) is 0 Å². The summed E-state index contributed by atoms with van der Waals surface area (Å²) in [4.78, 5) is 19.1. The van der Waals surface area contributed by atoms with Gasteiger partial charge < -0.3 is 9.97 Å². The summed E-state index contributed by atoms with van der Waals surface area (Å²) in [6, 6.07) is 27.0. The fraction of sp³-hybridized carbons (Fsp3) is 0.211. The number of nitrogens with one attached hydrogen (secondary N) is 2. The van der Waals surface area contributed by atoms with Gasteiger partial charge in [0.2, 0.25) is 0 Å². The van der Waals surface area contributed by atoms with Gasteiger partial charge in [0, 0.05) is 33.3 Å². The van der Waals surface area contributed by atoms with E-state index >= 15 is 0 Å². The highest BCUT2D eigenvalue weighted by Gasteiger charge is 2.24. The minimum Gasteiger partial charge on any atom is -0.354 e. The molecule has 306 valence electrons. The number of H-pyrrole nitrogens is 2. The van der Waals surface area contributed by atoms with Crippen LogP contribution in [-0.2, 0) is 0 Å². The minimum absolute atomic E-state index is 0.552. The van der Waals surface area contributed by atoms with Crippen molar-refractivity contribution in [1.29, 1.82) is 5.26 Å². The summed E-state index contributed by atoms with van der Waals surface area (Å²) < 4.78 is 0. The Balaban J connectivity index is 1.58. The molecule has 2 aliphatic heterocycles. The first-order chi connectivity index (χ1) is 29.6. The predicted molar refractivity (Wildman–Crippen MR) is 262 cm³/mol. The Kier molecular flexibility index (Phi) is 9.87. The van der Waals surface area contributed by atoms with Gasteiger partial charge in [-0.1, -0.05) is 70.8 Å². The van der Waals surface area contributed by atoms with E-state index in [0.717, 1.165) is 112 Å². The zero-order valence-corrected chi connectivity index (χ0v) is 38.0. The Hall–Kier alpha value is -7.03. The van der Waals surface area contributed by atoms with Crippen molar-refractivity contribution in [2.45, 2.75) is 83.1 Å². The Morgan fingerprint density at radius 2 is 0.645 bits per heavy atom. The lowest BCUT2D eigenvalue weighted by Gasteiger charge is -2.15. The molecule has 0 fully saturated rings. The molecule has 7 aromatic rings. The molecule has 2 aliphatic rings. The van der Waals surface area contributed by atoms with Gasteiger partial charge >= 0.3 is 0 Å². The topological polar surface area (TPSA) is 81.2 Å². The van der Waals surface area contributed by atoms with Crippen molar-refractivity contribution in [2.24, 2.45) is 0 Å². The van der Waals surface area contributed by atoms with Gasteiger partial charge in [-0.3, -0.25) is 0 Å². The van der Waals surface area contributed by atoms with E-state index < -0.39 is 0 Å². The summed E-state index contributed by atoms with van der Waals surface area (Å²) in [5.74, 6) is 0. The van der Waals surface area contributed by atoms with Crippen LogP contribution in [-0.4, -0.2) is 19.9 Å². The SMILES string of the molecule is Cc1cc(C)c(-c2c3nc(c(-c4c(C)cc(C)cc4C)c4cc(C#N)c([nH]4)c(-c4c(C)cc(C)cc4C)c4nc(c(-c5c(C)cc(C)cc5C)c5ccc2[nH]5)C=C4)C=C3)c(C)c1. The summed E-state index contributed by atoms with van der Waals surface area (Å²) in [6.45, 7) is 26.1. The highest BCUT2D eigenvalue weighted by Crippen LogP contribution is 2.43. The van der Waals surface area contributed by atoms with E-state index in [0.29, 0.717) is 5.56 Å². The first-order valence-electron chi connectivity index (χ1n) is 21.5. The molecule has 8 bridgehead atoms. The summed E-state index contributed by atoms with van der Waals surface area (Å²) in [5.41, 5.74) is 30.0. The van der Waals surface area contributed by atoms with E-state index in [1.165, 1.54) is 44.5 Å². The van der Waals surface area contributed by atoms with Gasteiger partial charge in [-0.25, -0.2) is 9.97 Å². The van der Waals surface area contributed by atoms with E-state index in [4.69, 9.17) is 9.97 Å². The molecule has 0 unspecified atom stereocenters. The molecular formula is C57H53N5. The molecule has 2 N–H and O–H groups in total. The van der Waals surface area contributed by atoms with E-state index in [9.17, 15) is 5.26 Å². The molecule has 0 saturated carbocycles. The summed E-state index contributed by atoms with van der Waals surface area (Å²) in [7, 11) is 0. The van der Waals surface area contributed by atoms with Crippen LogP contribution in [0.1, 0.15) is 95.1 Å². The van der Waals surface area contributed by atoms with Crippen molar-refractivity contribution in [3.05, 3.63) is 162 Å². The van der Waals surface area contributed by atoms with Crippen molar-refractivity contribution < 1.29 is 0 Å². The number of nitriles is 1. The predicted octanol–water partition coefficient (Wildman–Crippen LogP) is 14.9. The number of aromatic nitrogens is 4. The van der Waals surface area contributed by atoms with Crippen LogP contribution in [0.3, 0.4) is 0 Å². The molecule has 0 amide bonds. The lowest BCUT2D eigenvalue weighted by molar-refractivity contribution is 1.27. The molecular weight excluding hydrogens is 755 g/mol. The second-order valence-electron chi connectivity index (χ2n) is 17.9. The number of hydrogen-bond donors (Lipinski definition) is 2. The molecule has 5 nitrogen and oxygen atoms in total. The number of rotatable bonds is 4. The molecule has 0 saturated heterocycles. The van der Waals surface area contributed by atoms with Gasteiger partial charge in [0.05, 0.1) is 39.4 Å². The number of aryl methyl sites for hydroxylation is 12.